The lowest BCUT2D eigenvalue weighted by Crippen LogP contribution is -2.49. The van der Waals surface area contributed by atoms with Crippen LogP contribution in [0, 0.1) is 23.0 Å². The maximum atomic E-state index is 15.0. The first-order valence-corrected chi connectivity index (χ1v) is 15.0. The van der Waals surface area contributed by atoms with E-state index in [1.54, 1.807) is 0 Å². The van der Waals surface area contributed by atoms with Crippen LogP contribution in [0.15, 0.2) is 30.3 Å². The van der Waals surface area contributed by atoms with Crippen molar-refractivity contribution in [1.82, 2.24) is 10.6 Å². The molecule has 222 valence electrons. The Morgan fingerprint density at radius 3 is 2.51 bits per heavy atom. The normalized spacial score (nSPS) is 29.2. The molecule has 1 spiro atoms. The monoisotopic (exact) mass is 607 g/mol. The highest BCUT2D eigenvalue weighted by Crippen LogP contribution is 2.57. The van der Waals surface area contributed by atoms with E-state index in [2.05, 4.69) is 16.0 Å². The summed E-state index contributed by atoms with van der Waals surface area (Å²) in [4.78, 5) is 28.0. The van der Waals surface area contributed by atoms with Crippen LogP contribution in [0.4, 0.5) is 14.5 Å². The molecule has 2 fully saturated rings. The van der Waals surface area contributed by atoms with Gasteiger partial charge in [-0.3, -0.25) is 9.59 Å². The van der Waals surface area contributed by atoms with Crippen LogP contribution in [0.25, 0.3) is 0 Å². The van der Waals surface area contributed by atoms with Crippen molar-refractivity contribution in [2.24, 2.45) is 11.3 Å². The smallest absolute Gasteiger partial charge is 0.237 e. The van der Waals surface area contributed by atoms with Crippen LogP contribution in [0.3, 0.4) is 0 Å². The van der Waals surface area contributed by atoms with Gasteiger partial charge in [0.15, 0.2) is 0 Å². The first-order valence-electron chi connectivity index (χ1n) is 14.3. The summed E-state index contributed by atoms with van der Waals surface area (Å²) in [6.45, 7) is 6.55. The van der Waals surface area contributed by atoms with Crippen molar-refractivity contribution in [3.8, 4) is 0 Å². The Kier molecular flexibility index (Phi) is 8.43. The zero-order valence-corrected chi connectivity index (χ0v) is 25.0. The van der Waals surface area contributed by atoms with Crippen LogP contribution in [0.1, 0.15) is 76.3 Å². The number of benzene rings is 2. The van der Waals surface area contributed by atoms with E-state index in [1.165, 1.54) is 30.3 Å². The minimum absolute atomic E-state index is 0.120. The molecule has 6 atom stereocenters. The summed E-state index contributed by atoms with van der Waals surface area (Å²) in [6, 6.07) is 5.45. The maximum Gasteiger partial charge on any atom is 0.237 e. The van der Waals surface area contributed by atoms with Gasteiger partial charge in [-0.25, -0.2) is 8.78 Å². The van der Waals surface area contributed by atoms with Crippen LogP contribution >= 0.6 is 23.2 Å². The predicted octanol–water partition coefficient (Wildman–Crippen LogP) is 6.08. The lowest BCUT2D eigenvalue weighted by atomic mass is 9.62. The number of carbonyl (C=O) groups excluding carboxylic acids is 2. The first-order chi connectivity index (χ1) is 19.3. The van der Waals surface area contributed by atoms with Crippen molar-refractivity contribution in [3.05, 3.63) is 63.1 Å². The second-order valence-electron chi connectivity index (χ2n) is 13.0. The van der Waals surface area contributed by atoms with Crippen molar-refractivity contribution in [3.63, 3.8) is 0 Å². The van der Waals surface area contributed by atoms with Crippen LogP contribution in [0.2, 0.25) is 10.0 Å². The van der Waals surface area contributed by atoms with Crippen molar-refractivity contribution in [2.45, 2.75) is 88.8 Å². The number of nitrogens with one attached hydrogen (secondary N) is 3. The highest BCUT2D eigenvalue weighted by Gasteiger charge is 2.66. The molecular weight excluding hydrogens is 571 g/mol. The Morgan fingerprint density at radius 1 is 1.12 bits per heavy atom. The fraction of sp³-hybridized carbons (Fsp3) is 0.548. The molecule has 2 amide bonds. The molecule has 4 N–H and O–H groups in total. The summed E-state index contributed by atoms with van der Waals surface area (Å²) >= 11 is 12.3. The molecule has 3 aliphatic rings. The molecule has 1 saturated carbocycles. The summed E-state index contributed by atoms with van der Waals surface area (Å²) in [5.41, 5.74) is -0.358. The van der Waals surface area contributed by atoms with Crippen molar-refractivity contribution >= 4 is 40.7 Å². The minimum atomic E-state index is -1.39. The molecular formula is C31H37Cl2F2N3O3. The van der Waals surface area contributed by atoms with Crippen LogP contribution in [0.5, 0.6) is 0 Å². The summed E-state index contributed by atoms with van der Waals surface area (Å²) < 4.78 is 29.3. The number of carbonyl (C=O) groups is 2. The molecule has 1 unspecified atom stereocenters. The molecule has 2 aromatic carbocycles. The van der Waals surface area contributed by atoms with Crippen molar-refractivity contribution in [2.75, 3.05) is 11.9 Å². The summed E-state index contributed by atoms with van der Waals surface area (Å²) in [6.07, 6.45) is 4.50. The van der Waals surface area contributed by atoms with Crippen LogP contribution in [-0.4, -0.2) is 41.7 Å². The number of anilines is 1. The molecule has 10 heteroatoms. The van der Waals surface area contributed by atoms with Gasteiger partial charge in [-0.15, -0.1) is 0 Å². The molecule has 0 radical (unpaired) electrons. The van der Waals surface area contributed by atoms with E-state index in [-0.39, 0.29) is 33.4 Å². The van der Waals surface area contributed by atoms with Gasteiger partial charge >= 0.3 is 0 Å². The average Bonchev–Trinajstić information content (AvgIpc) is 3.53. The number of amides is 2. The Labute approximate surface area is 249 Å². The van der Waals surface area contributed by atoms with E-state index in [9.17, 15) is 19.1 Å². The highest BCUT2D eigenvalue weighted by atomic mass is 35.5. The fourth-order valence-corrected chi connectivity index (χ4v) is 7.52. The average molecular weight is 609 g/mol. The zero-order valence-electron chi connectivity index (χ0n) is 23.5. The molecule has 0 bridgehead atoms. The summed E-state index contributed by atoms with van der Waals surface area (Å²) in [7, 11) is 0. The Balaban J connectivity index is 1.55. The standard InChI is InChI=1S/C31H37Cl2F2N3O3/c1-30(2,3)15-25-31(19-13-23(35)21(33)14-24(19)37-29(31)41)26(17-7-9-22(34)20(32)12-17)27(38-25)28(40)36-10-4-5-16-6-8-18(39)11-16/h7,9,12-14,16,18,25-27,38-39H,4-6,8,10-11,15H2,1-3H3,(H,36,40)(H,37,41)/t16?,18-,25+,26-,27+,31-/m0/s1. The maximum absolute atomic E-state index is 15.0. The van der Waals surface area contributed by atoms with Crippen molar-refractivity contribution < 1.29 is 23.5 Å². The number of hydrogen-bond donors (Lipinski definition) is 4. The van der Waals surface area contributed by atoms with Crippen molar-refractivity contribution in [1.29, 1.82) is 0 Å². The van der Waals surface area contributed by atoms with E-state index in [4.69, 9.17) is 23.2 Å². The molecule has 0 aromatic heterocycles. The largest absolute Gasteiger partial charge is 0.393 e. The topological polar surface area (TPSA) is 90.5 Å². The Morgan fingerprint density at radius 2 is 1.85 bits per heavy atom. The number of halogens is 4. The molecule has 1 saturated heterocycles. The minimum Gasteiger partial charge on any atom is -0.393 e. The predicted molar refractivity (Wildman–Crippen MR) is 156 cm³/mol. The first kappa shape index (κ1) is 30.2. The fourth-order valence-electron chi connectivity index (χ4n) is 7.16. The SMILES string of the molecule is CC(C)(C)C[C@H]1N[C@@H](C(=O)NCCCC2CC[C@H](O)C2)[C@H](c2ccc(F)c(Cl)c2)[C@@]12C(=O)Nc1cc(Cl)c(F)cc12. The Bertz CT molecular complexity index is 1350. The van der Waals surface area contributed by atoms with Gasteiger partial charge in [0.25, 0.3) is 0 Å². The van der Waals surface area contributed by atoms with Gasteiger partial charge in [-0.05, 0) is 85.3 Å². The summed E-state index contributed by atoms with van der Waals surface area (Å²) in [5, 5.41) is 19.0. The molecule has 1 aliphatic carbocycles. The number of aliphatic hydroxyl groups excluding tert-OH is 1. The van der Waals surface area contributed by atoms with E-state index in [0.29, 0.717) is 35.7 Å². The number of fused-ring (bicyclic) bond motifs is 2. The van der Waals surface area contributed by atoms with Gasteiger partial charge in [0.2, 0.25) is 11.8 Å². The molecule has 6 nitrogen and oxygen atoms in total. The second kappa shape index (κ2) is 11.4. The zero-order chi connectivity index (χ0) is 29.7. The van der Waals surface area contributed by atoms with Gasteiger partial charge in [0.05, 0.1) is 22.2 Å². The molecule has 5 rings (SSSR count). The lowest BCUT2D eigenvalue weighted by molar-refractivity contribution is -0.123. The second-order valence-corrected chi connectivity index (χ2v) is 13.8. The molecule has 2 aromatic rings. The van der Waals surface area contributed by atoms with Gasteiger partial charge < -0.3 is 21.1 Å². The lowest BCUT2D eigenvalue weighted by Gasteiger charge is -2.37. The third-order valence-electron chi connectivity index (χ3n) is 8.89. The van der Waals surface area contributed by atoms with Gasteiger partial charge in [-0.1, -0.05) is 50.0 Å². The number of hydrogen-bond acceptors (Lipinski definition) is 4. The molecule has 2 aliphatic heterocycles. The third kappa shape index (κ3) is 5.73. The van der Waals surface area contributed by atoms with Gasteiger partial charge in [-0.2, -0.15) is 0 Å². The van der Waals surface area contributed by atoms with E-state index in [1.807, 2.05) is 20.8 Å². The quantitative estimate of drug-likeness (QED) is 0.287. The highest BCUT2D eigenvalue weighted by molar-refractivity contribution is 6.31. The number of aliphatic hydroxyl groups is 1. The molecule has 41 heavy (non-hydrogen) atoms. The van der Waals surface area contributed by atoms with Crippen LogP contribution in [-0.2, 0) is 15.0 Å². The Hall–Kier alpha value is -2.26. The summed E-state index contributed by atoms with van der Waals surface area (Å²) in [5.74, 6) is -2.34. The van der Waals surface area contributed by atoms with Gasteiger partial charge in [0, 0.05) is 24.2 Å². The number of rotatable bonds is 7. The van der Waals surface area contributed by atoms with E-state index in [0.717, 1.165) is 32.1 Å². The van der Waals surface area contributed by atoms with Crippen LogP contribution < -0.4 is 16.0 Å². The third-order valence-corrected chi connectivity index (χ3v) is 9.47. The van der Waals surface area contributed by atoms with Gasteiger partial charge in [0.1, 0.15) is 17.0 Å². The van der Waals surface area contributed by atoms with E-state index >= 15 is 4.39 Å². The van der Waals surface area contributed by atoms with E-state index < -0.39 is 35.1 Å². The molecule has 2 heterocycles.